The number of aromatic amines is 1. The summed E-state index contributed by atoms with van der Waals surface area (Å²) in [6.07, 6.45) is 1.71. The van der Waals surface area contributed by atoms with Gasteiger partial charge < -0.3 is 29.1 Å². The highest BCUT2D eigenvalue weighted by Gasteiger charge is 2.51. The van der Waals surface area contributed by atoms with Crippen LogP contribution >= 0.6 is 15.2 Å². The van der Waals surface area contributed by atoms with E-state index >= 15 is 0 Å². The van der Waals surface area contributed by atoms with Gasteiger partial charge in [-0.15, -0.1) is 0 Å². The lowest BCUT2D eigenvalue weighted by molar-refractivity contribution is 0.0564. The third-order valence-corrected chi connectivity index (χ3v) is 10.3. The minimum absolute atomic E-state index is 0.0124. The molecule has 0 bridgehead atoms. The molecule has 254 valence electrons. The molecule has 0 amide bonds. The van der Waals surface area contributed by atoms with E-state index in [4.69, 9.17) is 9.51 Å². The summed E-state index contributed by atoms with van der Waals surface area (Å²) in [4.78, 5) is 44.8. The molecule has 0 radical (unpaired) electrons. The minimum atomic E-state index is -5.83. The fourth-order valence-electron chi connectivity index (χ4n) is 5.69. The molecule has 0 aliphatic heterocycles. The van der Waals surface area contributed by atoms with Crippen LogP contribution < -0.4 is 0 Å². The van der Waals surface area contributed by atoms with Crippen molar-refractivity contribution in [2.45, 2.75) is 29.6 Å². The quantitative estimate of drug-likeness (QED) is 0.0676. The number of nitrogens with one attached hydrogen (secondary N) is 1. The van der Waals surface area contributed by atoms with Gasteiger partial charge in [-0.2, -0.15) is 22.5 Å². The van der Waals surface area contributed by atoms with E-state index in [9.17, 15) is 46.3 Å². The van der Waals surface area contributed by atoms with Crippen LogP contribution in [0.15, 0.2) is 114 Å². The van der Waals surface area contributed by atoms with Gasteiger partial charge in [0.05, 0.1) is 5.41 Å². The van der Waals surface area contributed by atoms with Gasteiger partial charge in [0.1, 0.15) is 0 Å². The molecule has 0 fully saturated rings. The summed E-state index contributed by atoms with van der Waals surface area (Å²) in [6, 6.07) is 25.0. The number of rotatable bonds is 11. The number of nitrogens with zero attached hydrogens (tertiary/aromatic N) is 2. The van der Waals surface area contributed by atoms with Crippen molar-refractivity contribution in [1.82, 2.24) is 15.1 Å². The van der Waals surface area contributed by atoms with Gasteiger partial charge in [0, 0.05) is 28.4 Å². The van der Waals surface area contributed by atoms with Gasteiger partial charge in [0.25, 0.3) is 0 Å². The molecule has 0 atom stereocenters. The van der Waals surface area contributed by atoms with E-state index in [1.54, 1.807) is 48.7 Å². The zero-order valence-electron chi connectivity index (χ0n) is 25.1. The van der Waals surface area contributed by atoms with E-state index < -0.39 is 43.1 Å². The van der Waals surface area contributed by atoms with Crippen molar-refractivity contribution in [3.8, 4) is 11.4 Å². The summed E-state index contributed by atoms with van der Waals surface area (Å²) in [7, 11) is -11.7. The van der Waals surface area contributed by atoms with Gasteiger partial charge >= 0.3 is 26.5 Å². The Morgan fingerprint density at radius 3 is 1.69 bits per heavy atom. The van der Waals surface area contributed by atoms with Crippen LogP contribution in [0.3, 0.4) is 0 Å². The summed E-state index contributed by atoms with van der Waals surface area (Å²) < 4.78 is 87.0. The Bertz CT molecular complexity index is 2120. The van der Waals surface area contributed by atoms with Crippen molar-refractivity contribution in [3.05, 3.63) is 143 Å². The Hall–Kier alpha value is -4.42. The second kappa shape index (κ2) is 12.5. The predicted molar refractivity (Wildman–Crippen MR) is 171 cm³/mol. The largest absolute Gasteiger partial charge is 0.399 e. The number of aromatic nitrogens is 3. The van der Waals surface area contributed by atoms with Gasteiger partial charge in [0.15, 0.2) is 0 Å². The molecule has 2 heterocycles. The summed E-state index contributed by atoms with van der Waals surface area (Å²) in [5.74, 6) is 0.312. The maximum Gasteiger partial charge on any atom is 0.399 e. The molecule has 49 heavy (non-hydrogen) atoms. The van der Waals surface area contributed by atoms with Gasteiger partial charge in [-0.05, 0) is 53.1 Å². The standard InChI is InChI=1S/C33H27F4N3O7P2/c34-32(35,48(41,42)43)25-10-6-21(7-11-25)19-31(27-14-15-28-24(18-27)16-17-38-28,30-39-29(40-47-30)23-4-2-1-3-5-23)20-22-8-12-26(13-9-22)33(36,37)49(44,45)46/h1-18,38H,19-20H2,(H2,41,42,43)(H2,44,45,46). The van der Waals surface area contributed by atoms with E-state index in [-0.39, 0.29) is 24.6 Å². The average Bonchev–Trinajstić information content (AvgIpc) is 3.75. The molecule has 4 aromatic carbocycles. The van der Waals surface area contributed by atoms with Crippen LogP contribution in [-0.2, 0) is 38.7 Å². The average molecular weight is 716 g/mol. The van der Waals surface area contributed by atoms with Crippen molar-refractivity contribution in [2.24, 2.45) is 0 Å². The Labute approximate surface area is 275 Å². The lowest BCUT2D eigenvalue weighted by atomic mass is 9.70. The fraction of sp³-hybridized carbons (Fsp3) is 0.152. The van der Waals surface area contributed by atoms with Crippen LogP contribution in [0, 0.1) is 0 Å². The zero-order chi connectivity index (χ0) is 35.2. The molecular weight excluding hydrogens is 688 g/mol. The maximum atomic E-state index is 14.5. The molecular formula is C33H27F4N3O7P2. The summed E-state index contributed by atoms with van der Waals surface area (Å²) in [5, 5.41) is 4.99. The molecule has 0 spiro atoms. The summed E-state index contributed by atoms with van der Waals surface area (Å²) in [6.45, 7) is 0. The molecule has 0 aliphatic rings. The minimum Gasteiger partial charge on any atom is -0.361 e. The third-order valence-electron chi connectivity index (χ3n) is 8.32. The van der Waals surface area contributed by atoms with Crippen molar-refractivity contribution in [1.29, 1.82) is 0 Å². The van der Waals surface area contributed by atoms with Crippen molar-refractivity contribution in [2.75, 3.05) is 0 Å². The highest BCUT2D eigenvalue weighted by molar-refractivity contribution is 7.52. The fourth-order valence-corrected chi connectivity index (χ4v) is 6.66. The van der Waals surface area contributed by atoms with Crippen molar-refractivity contribution in [3.63, 3.8) is 0 Å². The number of hydrogen-bond donors (Lipinski definition) is 5. The van der Waals surface area contributed by atoms with Crippen LogP contribution in [0.2, 0.25) is 0 Å². The maximum absolute atomic E-state index is 14.5. The van der Waals surface area contributed by atoms with E-state index in [1.807, 2.05) is 12.1 Å². The Balaban J connectivity index is 1.52. The van der Waals surface area contributed by atoms with Crippen molar-refractivity contribution < 1.29 is 50.8 Å². The number of hydrogen-bond acceptors (Lipinski definition) is 5. The second-order valence-electron chi connectivity index (χ2n) is 11.6. The third kappa shape index (κ3) is 6.51. The van der Waals surface area contributed by atoms with Crippen LogP contribution in [0.4, 0.5) is 17.6 Å². The first-order valence-electron chi connectivity index (χ1n) is 14.5. The van der Waals surface area contributed by atoms with Crippen LogP contribution in [0.5, 0.6) is 0 Å². The molecule has 0 saturated carbocycles. The molecule has 6 aromatic rings. The second-order valence-corrected chi connectivity index (χ2v) is 14.9. The number of benzene rings is 4. The lowest BCUT2D eigenvalue weighted by Gasteiger charge is -2.32. The van der Waals surface area contributed by atoms with Gasteiger partial charge in [0.2, 0.25) is 11.7 Å². The molecule has 10 nitrogen and oxygen atoms in total. The van der Waals surface area contributed by atoms with E-state index in [0.29, 0.717) is 22.3 Å². The number of alkyl halides is 4. The lowest BCUT2D eigenvalue weighted by Crippen LogP contribution is -2.34. The Morgan fingerprint density at radius 1 is 0.673 bits per heavy atom. The monoisotopic (exact) mass is 715 g/mol. The molecule has 2 aromatic heterocycles. The number of H-pyrrole nitrogens is 1. The van der Waals surface area contributed by atoms with Gasteiger partial charge in [-0.25, -0.2) is 0 Å². The first-order chi connectivity index (χ1) is 23.0. The molecule has 0 aliphatic carbocycles. The zero-order valence-corrected chi connectivity index (χ0v) is 26.9. The van der Waals surface area contributed by atoms with Crippen LogP contribution in [0.1, 0.15) is 33.7 Å². The summed E-state index contributed by atoms with van der Waals surface area (Å²) in [5.41, 5.74) is -9.10. The van der Waals surface area contributed by atoms with Crippen LogP contribution in [0.25, 0.3) is 22.3 Å². The highest BCUT2D eigenvalue weighted by Crippen LogP contribution is 2.60. The molecule has 0 unspecified atom stereocenters. The normalized spacial score (nSPS) is 13.2. The molecule has 6 rings (SSSR count). The smallest absolute Gasteiger partial charge is 0.361 e. The van der Waals surface area contributed by atoms with Crippen molar-refractivity contribution >= 4 is 26.1 Å². The molecule has 16 heteroatoms. The molecule has 5 N–H and O–H groups in total. The highest BCUT2D eigenvalue weighted by atomic mass is 31.2. The Morgan fingerprint density at radius 2 is 1.18 bits per heavy atom. The van der Waals surface area contributed by atoms with E-state index in [0.717, 1.165) is 35.2 Å². The van der Waals surface area contributed by atoms with Gasteiger partial charge in [-0.1, -0.05) is 90.1 Å². The summed E-state index contributed by atoms with van der Waals surface area (Å²) >= 11 is 0. The first-order valence-corrected chi connectivity index (χ1v) is 17.8. The van der Waals surface area contributed by atoms with E-state index in [2.05, 4.69) is 10.1 Å². The Kier molecular flexibility index (Phi) is 8.77. The first kappa shape index (κ1) is 34.4. The van der Waals surface area contributed by atoms with Crippen LogP contribution in [-0.4, -0.2) is 34.7 Å². The number of fused-ring (bicyclic) bond motifs is 1. The SMILES string of the molecule is O=P(O)(O)C(F)(F)c1ccc(CC(Cc2ccc(C(F)(F)P(=O)(O)O)cc2)(c2ccc3[nH]ccc3c2)c2nc(-c3ccccc3)no2)cc1. The van der Waals surface area contributed by atoms with Gasteiger partial charge in [-0.3, -0.25) is 9.13 Å². The predicted octanol–water partition coefficient (Wildman–Crippen LogP) is 7.44. The topological polar surface area (TPSA) is 170 Å². The van der Waals surface area contributed by atoms with E-state index in [1.165, 1.54) is 24.3 Å². The number of halogens is 4. The molecule has 0 saturated heterocycles.